The van der Waals surface area contributed by atoms with E-state index < -0.39 is 0 Å². The molecule has 2 aromatic rings. The molecule has 3 atom stereocenters. The first-order valence-electron chi connectivity index (χ1n) is 8.50. The van der Waals surface area contributed by atoms with Gasteiger partial charge in [0.2, 0.25) is 5.91 Å². The maximum absolute atomic E-state index is 12.7. The van der Waals surface area contributed by atoms with Crippen LogP contribution in [0.4, 0.5) is 0 Å². The zero-order valence-electron chi connectivity index (χ0n) is 14.1. The molecule has 1 saturated heterocycles. The van der Waals surface area contributed by atoms with Gasteiger partial charge in [0.1, 0.15) is 0 Å². The number of carbonyl (C=O) groups is 1. The smallest absolute Gasteiger partial charge is 0.226 e. The van der Waals surface area contributed by atoms with Gasteiger partial charge in [-0.25, -0.2) is 0 Å². The molecule has 0 radical (unpaired) electrons. The second-order valence-corrected chi connectivity index (χ2v) is 6.21. The summed E-state index contributed by atoms with van der Waals surface area (Å²) in [6, 6.07) is 19.6. The number of ether oxygens (including phenoxy) is 1. The molecule has 0 aliphatic carbocycles. The third-order valence-corrected chi connectivity index (χ3v) is 4.51. The van der Waals surface area contributed by atoms with E-state index in [9.17, 15) is 4.79 Å². The largest absolute Gasteiger partial charge is 0.373 e. The van der Waals surface area contributed by atoms with Gasteiger partial charge in [-0.2, -0.15) is 0 Å². The normalized spacial score (nSPS) is 21.0. The molecule has 134 valence electrons. The summed E-state index contributed by atoms with van der Waals surface area (Å²) in [5, 5.41) is 3.01. The molecule has 0 saturated carbocycles. The van der Waals surface area contributed by atoms with Gasteiger partial charge in [-0.05, 0) is 24.0 Å². The van der Waals surface area contributed by atoms with Gasteiger partial charge in [0.05, 0.1) is 12.0 Å². The minimum atomic E-state index is -0.199. The van der Waals surface area contributed by atoms with Crippen LogP contribution in [0.25, 0.3) is 0 Å². The van der Waals surface area contributed by atoms with Crippen LogP contribution in [0, 0.1) is 5.92 Å². The quantitative estimate of drug-likeness (QED) is 0.859. The minimum absolute atomic E-state index is 0. The van der Waals surface area contributed by atoms with Crippen molar-refractivity contribution in [1.29, 1.82) is 0 Å². The van der Waals surface area contributed by atoms with E-state index in [0.29, 0.717) is 13.2 Å². The molecule has 1 amide bonds. The molecule has 1 fully saturated rings. The summed E-state index contributed by atoms with van der Waals surface area (Å²) in [6.45, 7) is 1.13. The third-order valence-electron chi connectivity index (χ3n) is 4.51. The van der Waals surface area contributed by atoms with E-state index in [1.807, 2.05) is 60.7 Å². The Morgan fingerprint density at radius 2 is 1.76 bits per heavy atom. The van der Waals surface area contributed by atoms with Crippen LogP contribution in [0.5, 0.6) is 0 Å². The maximum Gasteiger partial charge on any atom is 0.226 e. The van der Waals surface area contributed by atoms with Gasteiger partial charge < -0.3 is 15.8 Å². The predicted octanol–water partition coefficient (Wildman–Crippen LogP) is 3.39. The number of hydrogen-bond donors (Lipinski definition) is 2. The molecule has 3 N–H and O–H groups in total. The topological polar surface area (TPSA) is 64.3 Å². The van der Waals surface area contributed by atoms with E-state index in [-0.39, 0.29) is 36.4 Å². The van der Waals surface area contributed by atoms with E-state index >= 15 is 0 Å². The molecule has 0 aromatic heterocycles. The summed E-state index contributed by atoms with van der Waals surface area (Å²) in [6.07, 6.45) is 1.57. The van der Waals surface area contributed by atoms with Crippen LogP contribution < -0.4 is 11.1 Å². The molecular weight excluding hydrogens is 336 g/mol. The highest BCUT2D eigenvalue weighted by Gasteiger charge is 2.33. The lowest BCUT2D eigenvalue weighted by Crippen LogP contribution is -2.40. The number of hydrogen-bond acceptors (Lipinski definition) is 3. The number of nitrogens with two attached hydrogens (primary N) is 1. The molecule has 1 aliphatic rings. The Hall–Kier alpha value is -1.88. The van der Waals surface area contributed by atoms with Gasteiger partial charge in [-0.15, -0.1) is 12.4 Å². The van der Waals surface area contributed by atoms with Crippen molar-refractivity contribution in [3.05, 3.63) is 71.8 Å². The van der Waals surface area contributed by atoms with Crippen LogP contribution >= 0.6 is 12.4 Å². The van der Waals surface area contributed by atoms with Gasteiger partial charge in [0.15, 0.2) is 0 Å². The van der Waals surface area contributed by atoms with Crippen molar-refractivity contribution in [1.82, 2.24) is 5.32 Å². The van der Waals surface area contributed by atoms with Crippen molar-refractivity contribution < 1.29 is 9.53 Å². The molecule has 3 rings (SSSR count). The fraction of sp³-hybridized carbons (Fsp3) is 0.350. The van der Waals surface area contributed by atoms with Crippen LogP contribution in [0.1, 0.15) is 36.1 Å². The number of rotatable bonds is 5. The molecule has 3 unspecified atom stereocenters. The Bertz CT molecular complexity index is 651. The fourth-order valence-corrected chi connectivity index (χ4v) is 3.18. The first-order valence-corrected chi connectivity index (χ1v) is 8.50. The van der Waals surface area contributed by atoms with Crippen LogP contribution in [0.3, 0.4) is 0 Å². The van der Waals surface area contributed by atoms with Gasteiger partial charge in [0, 0.05) is 19.2 Å². The molecule has 25 heavy (non-hydrogen) atoms. The average molecular weight is 361 g/mol. The molecule has 0 bridgehead atoms. The van der Waals surface area contributed by atoms with E-state index in [0.717, 1.165) is 24.0 Å². The zero-order chi connectivity index (χ0) is 16.8. The number of halogens is 1. The summed E-state index contributed by atoms with van der Waals surface area (Å²) < 4.78 is 5.90. The number of nitrogens with one attached hydrogen (secondary N) is 1. The number of carbonyl (C=O) groups excluding carboxylic acids is 1. The Labute approximate surface area is 155 Å². The molecule has 5 heteroatoms. The predicted molar refractivity (Wildman–Crippen MR) is 101 cm³/mol. The molecule has 0 spiro atoms. The van der Waals surface area contributed by atoms with Crippen molar-refractivity contribution in [3.8, 4) is 0 Å². The lowest BCUT2D eigenvalue weighted by molar-refractivity contribution is -0.134. The van der Waals surface area contributed by atoms with Crippen molar-refractivity contribution in [3.63, 3.8) is 0 Å². The first kappa shape index (κ1) is 19.4. The fourth-order valence-electron chi connectivity index (χ4n) is 3.18. The summed E-state index contributed by atoms with van der Waals surface area (Å²) in [4.78, 5) is 12.7. The molecular formula is C20H25ClN2O2. The highest BCUT2D eigenvalue weighted by Crippen LogP contribution is 2.33. The van der Waals surface area contributed by atoms with E-state index in [4.69, 9.17) is 10.5 Å². The van der Waals surface area contributed by atoms with Gasteiger partial charge in [0.25, 0.3) is 0 Å². The highest BCUT2D eigenvalue weighted by molar-refractivity contribution is 5.85. The van der Waals surface area contributed by atoms with E-state index in [1.54, 1.807) is 0 Å². The van der Waals surface area contributed by atoms with Crippen LogP contribution in [0.15, 0.2) is 60.7 Å². The molecule has 4 nitrogen and oxygen atoms in total. The van der Waals surface area contributed by atoms with Crippen molar-refractivity contribution in [2.45, 2.75) is 25.0 Å². The third kappa shape index (κ3) is 5.05. The Balaban J connectivity index is 0.00000225. The van der Waals surface area contributed by atoms with Gasteiger partial charge in [-0.3, -0.25) is 4.79 Å². The highest BCUT2D eigenvalue weighted by atomic mass is 35.5. The first-order chi connectivity index (χ1) is 11.8. The second-order valence-electron chi connectivity index (χ2n) is 6.21. The number of benzene rings is 2. The average Bonchev–Trinajstić information content (AvgIpc) is 2.67. The molecule has 2 aromatic carbocycles. The van der Waals surface area contributed by atoms with Crippen LogP contribution in [0.2, 0.25) is 0 Å². The van der Waals surface area contributed by atoms with E-state index in [2.05, 4.69) is 5.32 Å². The Kier molecular flexibility index (Phi) is 7.44. The lowest BCUT2D eigenvalue weighted by Gasteiger charge is -2.31. The summed E-state index contributed by atoms with van der Waals surface area (Å²) in [5.74, 6) is -0.140. The number of amides is 1. The monoisotopic (exact) mass is 360 g/mol. The van der Waals surface area contributed by atoms with Crippen molar-refractivity contribution in [2.24, 2.45) is 11.7 Å². The molecule has 1 aliphatic heterocycles. The summed E-state index contributed by atoms with van der Waals surface area (Å²) in [5.41, 5.74) is 8.26. The van der Waals surface area contributed by atoms with Gasteiger partial charge >= 0.3 is 0 Å². The van der Waals surface area contributed by atoms with Crippen LogP contribution in [-0.2, 0) is 9.53 Å². The summed E-state index contributed by atoms with van der Waals surface area (Å²) in [7, 11) is 0. The lowest BCUT2D eigenvalue weighted by atomic mass is 9.88. The standard InChI is InChI=1S/C20H24N2O2.ClH/c21-18(15-8-3-1-4-9-15)14-22-20(23)17-12-7-13-24-19(17)16-10-5-2-6-11-16;/h1-6,8-11,17-19H,7,12-14,21H2,(H,22,23);1H. The van der Waals surface area contributed by atoms with Crippen LogP contribution in [-0.4, -0.2) is 19.1 Å². The zero-order valence-corrected chi connectivity index (χ0v) is 15.0. The minimum Gasteiger partial charge on any atom is -0.373 e. The van der Waals surface area contributed by atoms with Gasteiger partial charge in [-0.1, -0.05) is 60.7 Å². The Morgan fingerprint density at radius 1 is 1.12 bits per heavy atom. The van der Waals surface area contributed by atoms with Crippen molar-refractivity contribution >= 4 is 18.3 Å². The summed E-state index contributed by atoms with van der Waals surface area (Å²) >= 11 is 0. The van der Waals surface area contributed by atoms with Crippen molar-refractivity contribution in [2.75, 3.05) is 13.2 Å². The molecule has 1 heterocycles. The SMILES string of the molecule is Cl.NC(CNC(=O)C1CCCOC1c1ccccc1)c1ccccc1. The van der Waals surface area contributed by atoms with E-state index in [1.165, 1.54) is 0 Å². The second kappa shape index (κ2) is 9.56. The maximum atomic E-state index is 12.7. The Morgan fingerprint density at radius 3 is 2.44 bits per heavy atom.